The van der Waals surface area contributed by atoms with Crippen molar-refractivity contribution in [2.24, 2.45) is 11.7 Å². The summed E-state index contributed by atoms with van der Waals surface area (Å²) < 4.78 is 5.00. The second-order valence-corrected chi connectivity index (χ2v) is 5.33. The fourth-order valence-corrected chi connectivity index (χ4v) is 2.85. The molecule has 0 radical (unpaired) electrons. The van der Waals surface area contributed by atoms with Crippen LogP contribution in [-0.4, -0.2) is 11.0 Å². The fourth-order valence-electron chi connectivity index (χ4n) is 2.85. The Bertz CT molecular complexity index is 591. The third kappa shape index (κ3) is 2.34. The lowest BCUT2D eigenvalue weighted by Crippen LogP contribution is -2.27. The summed E-state index contributed by atoms with van der Waals surface area (Å²) in [5, 5.41) is 0. The summed E-state index contributed by atoms with van der Waals surface area (Å²) in [6.07, 6.45) is 5.75. The van der Waals surface area contributed by atoms with Gasteiger partial charge in [-0.1, -0.05) is 6.07 Å². The molecule has 1 aromatic carbocycles. The van der Waals surface area contributed by atoms with E-state index in [-0.39, 0.29) is 5.76 Å². The lowest BCUT2D eigenvalue weighted by molar-refractivity contribution is 0.325. The molecule has 18 heavy (non-hydrogen) atoms. The molecule has 4 nitrogen and oxygen atoms in total. The number of hydrogen-bond donors (Lipinski definition) is 2. The SMILES string of the molecule is NC1CCC(Cc2ccc3oc(=O)[nH]c3c2)CC1. The molecule has 1 heterocycles. The Hall–Kier alpha value is -1.55. The summed E-state index contributed by atoms with van der Waals surface area (Å²) in [5.74, 6) is 0.340. The van der Waals surface area contributed by atoms with E-state index in [0.717, 1.165) is 30.7 Å². The van der Waals surface area contributed by atoms with Crippen molar-refractivity contribution in [3.05, 3.63) is 34.3 Å². The molecule has 1 fully saturated rings. The average Bonchev–Trinajstić information content (AvgIpc) is 2.71. The number of nitrogens with two attached hydrogens (primary N) is 1. The molecule has 1 aliphatic rings. The molecular formula is C14H18N2O2. The van der Waals surface area contributed by atoms with Crippen molar-refractivity contribution in [1.82, 2.24) is 4.98 Å². The molecule has 1 saturated carbocycles. The van der Waals surface area contributed by atoms with Crippen LogP contribution in [-0.2, 0) is 6.42 Å². The van der Waals surface area contributed by atoms with Crippen molar-refractivity contribution in [3.8, 4) is 0 Å². The van der Waals surface area contributed by atoms with Crippen LogP contribution in [0.2, 0.25) is 0 Å². The Morgan fingerprint density at radius 3 is 2.83 bits per heavy atom. The van der Waals surface area contributed by atoms with Gasteiger partial charge in [0.15, 0.2) is 5.58 Å². The molecule has 0 aliphatic heterocycles. The van der Waals surface area contributed by atoms with E-state index < -0.39 is 0 Å². The average molecular weight is 246 g/mol. The Morgan fingerprint density at radius 1 is 1.28 bits per heavy atom. The zero-order valence-electron chi connectivity index (χ0n) is 10.3. The van der Waals surface area contributed by atoms with Crippen LogP contribution in [0.4, 0.5) is 0 Å². The minimum Gasteiger partial charge on any atom is -0.408 e. The molecule has 0 saturated heterocycles. The number of fused-ring (bicyclic) bond motifs is 1. The van der Waals surface area contributed by atoms with Gasteiger partial charge in [-0.3, -0.25) is 4.98 Å². The first-order chi connectivity index (χ1) is 8.70. The van der Waals surface area contributed by atoms with Crippen LogP contribution >= 0.6 is 0 Å². The van der Waals surface area contributed by atoms with Crippen molar-refractivity contribution in [3.63, 3.8) is 0 Å². The van der Waals surface area contributed by atoms with Crippen LogP contribution in [0.25, 0.3) is 11.1 Å². The molecule has 2 aromatic rings. The van der Waals surface area contributed by atoms with E-state index in [4.69, 9.17) is 10.2 Å². The molecule has 0 unspecified atom stereocenters. The number of benzene rings is 1. The summed E-state index contributed by atoms with van der Waals surface area (Å²) >= 11 is 0. The van der Waals surface area contributed by atoms with Crippen LogP contribution < -0.4 is 11.5 Å². The quantitative estimate of drug-likeness (QED) is 0.853. The van der Waals surface area contributed by atoms with Gasteiger partial charge in [0.1, 0.15) is 0 Å². The first kappa shape index (κ1) is 11.5. The number of oxazole rings is 1. The van der Waals surface area contributed by atoms with Gasteiger partial charge in [-0.15, -0.1) is 0 Å². The highest BCUT2D eigenvalue weighted by Crippen LogP contribution is 2.27. The van der Waals surface area contributed by atoms with Gasteiger partial charge in [0.25, 0.3) is 0 Å². The van der Waals surface area contributed by atoms with Crippen molar-refractivity contribution in [2.75, 3.05) is 0 Å². The molecule has 0 spiro atoms. The molecule has 0 bridgehead atoms. The largest absolute Gasteiger partial charge is 0.417 e. The highest BCUT2D eigenvalue weighted by molar-refractivity contribution is 5.72. The number of aromatic amines is 1. The summed E-state index contributed by atoms with van der Waals surface area (Å²) in [6.45, 7) is 0. The summed E-state index contributed by atoms with van der Waals surface area (Å²) in [7, 11) is 0. The molecule has 1 aromatic heterocycles. The van der Waals surface area contributed by atoms with E-state index in [0.29, 0.717) is 11.6 Å². The Labute approximate surface area is 105 Å². The van der Waals surface area contributed by atoms with Gasteiger partial charge in [0.05, 0.1) is 5.52 Å². The number of H-pyrrole nitrogens is 1. The molecule has 0 amide bonds. The summed E-state index contributed by atoms with van der Waals surface area (Å²) in [5.41, 5.74) is 8.61. The topological polar surface area (TPSA) is 72.0 Å². The maximum Gasteiger partial charge on any atom is 0.417 e. The van der Waals surface area contributed by atoms with E-state index >= 15 is 0 Å². The maximum atomic E-state index is 11.1. The standard InChI is InChI=1S/C14H18N2O2/c15-11-4-1-9(2-5-11)7-10-3-6-13-12(8-10)16-14(17)18-13/h3,6,8-9,11H,1-2,4-5,7,15H2,(H,16,17). The second kappa shape index (κ2) is 4.61. The molecule has 4 heteroatoms. The van der Waals surface area contributed by atoms with Gasteiger partial charge >= 0.3 is 5.76 Å². The van der Waals surface area contributed by atoms with E-state index in [2.05, 4.69) is 4.98 Å². The zero-order valence-corrected chi connectivity index (χ0v) is 10.3. The summed E-state index contributed by atoms with van der Waals surface area (Å²) in [6, 6.07) is 6.34. The van der Waals surface area contributed by atoms with Gasteiger partial charge in [-0.25, -0.2) is 4.79 Å². The maximum absolute atomic E-state index is 11.1. The zero-order chi connectivity index (χ0) is 12.5. The highest BCUT2D eigenvalue weighted by Gasteiger charge is 2.18. The van der Waals surface area contributed by atoms with Crippen LogP contribution in [0.3, 0.4) is 0 Å². The minimum atomic E-state index is -0.384. The first-order valence-electron chi connectivity index (χ1n) is 6.58. The molecule has 3 rings (SSSR count). The lowest BCUT2D eigenvalue weighted by atomic mass is 9.83. The lowest BCUT2D eigenvalue weighted by Gasteiger charge is -2.26. The van der Waals surface area contributed by atoms with Crippen LogP contribution in [0.5, 0.6) is 0 Å². The Kier molecular flexibility index (Phi) is 2.96. The Morgan fingerprint density at radius 2 is 2.06 bits per heavy atom. The smallest absolute Gasteiger partial charge is 0.408 e. The number of nitrogens with one attached hydrogen (secondary N) is 1. The third-order valence-electron chi connectivity index (χ3n) is 3.90. The predicted molar refractivity (Wildman–Crippen MR) is 70.5 cm³/mol. The van der Waals surface area contributed by atoms with E-state index in [1.165, 1.54) is 18.4 Å². The minimum absolute atomic E-state index is 0.384. The number of aromatic nitrogens is 1. The molecule has 3 N–H and O–H groups in total. The highest BCUT2D eigenvalue weighted by atomic mass is 16.4. The first-order valence-corrected chi connectivity index (χ1v) is 6.58. The van der Waals surface area contributed by atoms with E-state index in [1.807, 2.05) is 18.2 Å². The van der Waals surface area contributed by atoms with Gasteiger partial charge < -0.3 is 10.2 Å². The predicted octanol–water partition coefficient (Wildman–Crippen LogP) is 2.18. The molecule has 0 atom stereocenters. The molecular weight excluding hydrogens is 228 g/mol. The fraction of sp³-hybridized carbons (Fsp3) is 0.500. The van der Waals surface area contributed by atoms with E-state index in [1.54, 1.807) is 0 Å². The van der Waals surface area contributed by atoms with Crippen molar-refractivity contribution < 1.29 is 4.42 Å². The van der Waals surface area contributed by atoms with Crippen molar-refractivity contribution >= 4 is 11.1 Å². The van der Waals surface area contributed by atoms with Gasteiger partial charge in [-0.2, -0.15) is 0 Å². The van der Waals surface area contributed by atoms with Gasteiger partial charge in [-0.05, 0) is 55.7 Å². The van der Waals surface area contributed by atoms with Crippen LogP contribution in [0.1, 0.15) is 31.2 Å². The second-order valence-electron chi connectivity index (χ2n) is 5.33. The molecule has 96 valence electrons. The van der Waals surface area contributed by atoms with Crippen molar-refractivity contribution in [2.45, 2.75) is 38.1 Å². The summed E-state index contributed by atoms with van der Waals surface area (Å²) in [4.78, 5) is 13.8. The molecule has 1 aliphatic carbocycles. The monoisotopic (exact) mass is 246 g/mol. The van der Waals surface area contributed by atoms with Crippen LogP contribution in [0, 0.1) is 5.92 Å². The number of hydrogen-bond acceptors (Lipinski definition) is 3. The number of rotatable bonds is 2. The van der Waals surface area contributed by atoms with Crippen molar-refractivity contribution in [1.29, 1.82) is 0 Å². The Balaban J connectivity index is 1.76. The van der Waals surface area contributed by atoms with E-state index in [9.17, 15) is 4.79 Å². The van der Waals surface area contributed by atoms with Gasteiger partial charge in [0, 0.05) is 6.04 Å². The van der Waals surface area contributed by atoms with Gasteiger partial charge in [0.2, 0.25) is 0 Å². The van der Waals surface area contributed by atoms with Crippen LogP contribution in [0.15, 0.2) is 27.4 Å². The third-order valence-corrected chi connectivity index (χ3v) is 3.90. The normalized spacial score (nSPS) is 24.5.